The lowest BCUT2D eigenvalue weighted by molar-refractivity contribution is 0.0905. The maximum absolute atomic E-state index is 12.6. The highest BCUT2D eigenvalue weighted by Gasteiger charge is 2.28. The van der Waals surface area contributed by atoms with Crippen LogP contribution >= 0.6 is 11.8 Å². The lowest BCUT2D eigenvalue weighted by Gasteiger charge is -2.31. The number of hydrogen-bond donors (Lipinski definition) is 1. The molecule has 0 saturated heterocycles. The van der Waals surface area contributed by atoms with Gasteiger partial charge in [0.15, 0.2) is 0 Å². The fraction of sp³-hybridized carbons (Fsp3) is 0.429. The lowest BCUT2D eigenvalue weighted by Crippen LogP contribution is -2.42. The molecule has 0 spiro atoms. The smallest absolute Gasteiger partial charge is 0.270 e. The van der Waals surface area contributed by atoms with Gasteiger partial charge in [-0.25, -0.2) is 0 Å². The standard InChI is InChI=1S/C21H28N2OS/c1-6-7-12-25-18-14-15(2)13-16(3)19(18)21(4,5)23-20(24)17-10-8-9-11-22-17/h8-11,13-14H,6-7,12H2,1-5H3,(H,23,24). The minimum Gasteiger partial charge on any atom is -0.342 e. The third-order valence-corrected chi connectivity index (χ3v) is 5.27. The van der Waals surface area contributed by atoms with Gasteiger partial charge in [-0.3, -0.25) is 9.78 Å². The molecule has 1 amide bonds. The Morgan fingerprint density at radius 3 is 2.64 bits per heavy atom. The molecule has 2 aromatic rings. The number of benzene rings is 1. The molecule has 0 aliphatic rings. The van der Waals surface area contributed by atoms with Crippen LogP contribution in [-0.4, -0.2) is 16.6 Å². The van der Waals surface area contributed by atoms with Crippen LogP contribution in [0.3, 0.4) is 0 Å². The van der Waals surface area contributed by atoms with E-state index in [9.17, 15) is 4.79 Å². The fourth-order valence-electron chi connectivity index (χ4n) is 3.08. The van der Waals surface area contributed by atoms with Crippen molar-refractivity contribution in [1.82, 2.24) is 10.3 Å². The van der Waals surface area contributed by atoms with Gasteiger partial charge in [-0.15, -0.1) is 11.8 Å². The van der Waals surface area contributed by atoms with Crippen molar-refractivity contribution >= 4 is 17.7 Å². The van der Waals surface area contributed by atoms with E-state index in [1.54, 1.807) is 12.3 Å². The summed E-state index contributed by atoms with van der Waals surface area (Å²) >= 11 is 1.88. The van der Waals surface area contributed by atoms with Crippen molar-refractivity contribution in [3.05, 3.63) is 58.9 Å². The summed E-state index contributed by atoms with van der Waals surface area (Å²) in [6.07, 6.45) is 4.02. The van der Waals surface area contributed by atoms with Crippen molar-refractivity contribution in [3.63, 3.8) is 0 Å². The van der Waals surface area contributed by atoms with Crippen LogP contribution in [0, 0.1) is 13.8 Å². The molecule has 0 saturated carbocycles. The van der Waals surface area contributed by atoms with E-state index < -0.39 is 5.54 Å². The van der Waals surface area contributed by atoms with E-state index in [1.165, 1.54) is 34.4 Å². The number of amides is 1. The highest BCUT2D eigenvalue weighted by molar-refractivity contribution is 7.99. The van der Waals surface area contributed by atoms with Gasteiger partial charge in [-0.05, 0) is 74.8 Å². The zero-order valence-electron chi connectivity index (χ0n) is 15.8. The van der Waals surface area contributed by atoms with E-state index >= 15 is 0 Å². The Kier molecular flexibility index (Phi) is 6.65. The minimum absolute atomic E-state index is 0.143. The van der Waals surface area contributed by atoms with Crippen molar-refractivity contribution in [3.8, 4) is 0 Å². The van der Waals surface area contributed by atoms with Gasteiger partial charge in [0.05, 0.1) is 5.54 Å². The van der Waals surface area contributed by atoms with Crippen LogP contribution in [0.2, 0.25) is 0 Å². The number of carbonyl (C=O) groups excluding carboxylic acids is 1. The van der Waals surface area contributed by atoms with Crippen LogP contribution in [-0.2, 0) is 5.54 Å². The first kappa shape index (κ1) is 19.5. The van der Waals surface area contributed by atoms with Gasteiger partial charge in [-0.2, -0.15) is 0 Å². The Hall–Kier alpha value is -1.81. The molecule has 4 heteroatoms. The zero-order chi connectivity index (χ0) is 18.4. The molecular formula is C21H28N2OS. The van der Waals surface area contributed by atoms with E-state index in [2.05, 4.69) is 57.1 Å². The summed E-state index contributed by atoms with van der Waals surface area (Å²) in [6, 6.07) is 9.81. The highest BCUT2D eigenvalue weighted by Crippen LogP contribution is 2.35. The minimum atomic E-state index is -0.471. The van der Waals surface area contributed by atoms with Gasteiger partial charge in [0, 0.05) is 11.1 Å². The molecular weight excluding hydrogens is 328 g/mol. The Morgan fingerprint density at radius 2 is 2.00 bits per heavy atom. The molecule has 0 aliphatic carbocycles. The number of pyridine rings is 1. The monoisotopic (exact) mass is 356 g/mol. The maximum Gasteiger partial charge on any atom is 0.270 e. The number of rotatable bonds is 7. The predicted molar refractivity (Wildman–Crippen MR) is 106 cm³/mol. The number of aryl methyl sites for hydroxylation is 2. The second-order valence-corrected chi connectivity index (χ2v) is 8.09. The van der Waals surface area contributed by atoms with Gasteiger partial charge in [0.2, 0.25) is 0 Å². The number of unbranched alkanes of at least 4 members (excludes halogenated alkanes) is 1. The van der Waals surface area contributed by atoms with Crippen LogP contribution in [0.1, 0.15) is 60.8 Å². The first-order valence-electron chi connectivity index (χ1n) is 8.83. The second kappa shape index (κ2) is 8.52. The summed E-state index contributed by atoms with van der Waals surface area (Å²) in [6.45, 7) is 10.6. The molecule has 2 rings (SSSR count). The normalized spacial score (nSPS) is 11.4. The second-order valence-electron chi connectivity index (χ2n) is 6.95. The maximum atomic E-state index is 12.6. The number of carbonyl (C=O) groups is 1. The summed E-state index contributed by atoms with van der Waals surface area (Å²) < 4.78 is 0. The van der Waals surface area contributed by atoms with Crippen LogP contribution < -0.4 is 5.32 Å². The Balaban J connectivity index is 2.32. The van der Waals surface area contributed by atoms with Crippen LogP contribution in [0.25, 0.3) is 0 Å². The summed E-state index contributed by atoms with van der Waals surface area (Å²) in [5, 5.41) is 3.17. The number of hydrogen-bond acceptors (Lipinski definition) is 3. The summed E-state index contributed by atoms with van der Waals surface area (Å²) in [5.74, 6) is 0.950. The molecule has 1 aromatic carbocycles. The molecule has 0 unspecified atom stereocenters. The molecule has 0 atom stereocenters. The average Bonchev–Trinajstić information content (AvgIpc) is 2.54. The molecule has 1 N–H and O–H groups in total. The number of aromatic nitrogens is 1. The zero-order valence-corrected chi connectivity index (χ0v) is 16.7. The first-order chi connectivity index (χ1) is 11.8. The molecule has 0 aliphatic heterocycles. The Bertz CT molecular complexity index is 726. The average molecular weight is 357 g/mol. The van der Waals surface area contributed by atoms with Crippen LogP contribution in [0.4, 0.5) is 0 Å². The lowest BCUT2D eigenvalue weighted by atomic mass is 9.89. The summed E-state index contributed by atoms with van der Waals surface area (Å²) in [7, 11) is 0. The number of nitrogens with zero attached hydrogens (tertiary/aromatic N) is 1. The SMILES string of the molecule is CCCCSc1cc(C)cc(C)c1C(C)(C)NC(=O)c1ccccn1. The molecule has 0 fully saturated rings. The van der Waals surface area contributed by atoms with Crippen molar-refractivity contribution in [1.29, 1.82) is 0 Å². The highest BCUT2D eigenvalue weighted by atomic mass is 32.2. The Morgan fingerprint density at radius 1 is 1.24 bits per heavy atom. The molecule has 1 heterocycles. The van der Waals surface area contributed by atoms with Gasteiger partial charge < -0.3 is 5.32 Å². The molecule has 0 radical (unpaired) electrons. The van der Waals surface area contributed by atoms with E-state index in [4.69, 9.17) is 0 Å². The largest absolute Gasteiger partial charge is 0.342 e. The van der Waals surface area contributed by atoms with Crippen molar-refractivity contribution in [2.75, 3.05) is 5.75 Å². The van der Waals surface area contributed by atoms with Crippen molar-refractivity contribution in [2.24, 2.45) is 0 Å². The third-order valence-electron chi connectivity index (χ3n) is 4.15. The topological polar surface area (TPSA) is 42.0 Å². The van der Waals surface area contributed by atoms with Crippen molar-refractivity contribution < 1.29 is 4.79 Å². The molecule has 25 heavy (non-hydrogen) atoms. The van der Waals surface area contributed by atoms with Gasteiger partial charge in [-0.1, -0.05) is 25.5 Å². The number of thioether (sulfide) groups is 1. The van der Waals surface area contributed by atoms with Gasteiger partial charge in [0.1, 0.15) is 5.69 Å². The van der Waals surface area contributed by atoms with Gasteiger partial charge in [0.25, 0.3) is 5.91 Å². The van der Waals surface area contributed by atoms with Crippen molar-refractivity contribution in [2.45, 2.75) is 57.9 Å². The van der Waals surface area contributed by atoms with Crippen LogP contribution in [0.5, 0.6) is 0 Å². The molecule has 0 bridgehead atoms. The summed E-state index contributed by atoms with van der Waals surface area (Å²) in [5.41, 5.74) is 3.64. The van der Waals surface area contributed by atoms with E-state index in [1.807, 2.05) is 23.9 Å². The number of nitrogens with one attached hydrogen (secondary N) is 1. The fourth-order valence-corrected chi connectivity index (χ4v) is 4.56. The van der Waals surface area contributed by atoms with E-state index in [-0.39, 0.29) is 5.91 Å². The first-order valence-corrected chi connectivity index (χ1v) is 9.81. The third kappa shape index (κ3) is 5.08. The predicted octanol–water partition coefficient (Wildman–Crippen LogP) is 5.26. The molecule has 3 nitrogen and oxygen atoms in total. The molecule has 1 aromatic heterocycles. The molecule has 134 valence electrons. The van der Waals surface area contributed by atoms with E-state index in [0.29, 0.717) is 5.69 Å². The quantitative estimate of drug-likeness (QED) is 0.544. The van der Waals surface area contributed by atoms with E-state index in [0.717, 1.165) is 5.75 Å². The van der Waals surface area contributed by atoms with Crippen LogP contribution in [0.15, 0.2) is 41.4 Å². The van der Waals surface area contributed by atoms with Gasteiger partial charge >= 0.3 is 0 Å². The Labute approximate surface area is 155 Å². The summed E-state index contributed by atoms with van der Waals surface area (Å²) in [4.78, 5) is 18.0.